The van der Waals surface area contributed by atoms with E-state index in [2.05, 4.69) is 0 Å². The summed E-state index contributed by atoms with van der Waals surface area (Å²) in [6.45, 7) is 8.53. The first-order valence-corrected chi connectivity index (χ1v) is 6.34. The molecule has 1 unspecified atom stereocenters. The van der Waals surface area contributed by atoms with Gasteiger partial charge in [0.2, 0.25) is 0 Å². The lowest BCUT2D eigenvalue weighted by molar-refractivity contribution is -0.121. The second-order valence-electron chi connectivity index (χ2n) is 5.57. The van der Waals surface area contributed by atoms with Crippen LogP contribution in [-0.4, -0.2) is 35.5 Å². The first kappa shape index (κ1) is 14.0. The second kappa shape index (κ2) is 5.52. The van der Waals surface area contributed by atoms with Gasteiger partial charge in [0.25, 0.3) is 0 Å². The molecular weight excluding hydrogens is 218 g/mol. The van der Waals surface area contributed by atoms with Gasteiger partial charge in [-0.2, -0.15) is 0 Å². The molecule has 0 saturated heterocycles. The van der Waals surface area contributed by atoms with Gasteiger partial charge in [0, 0.05) is 25.4 Å². The molecular formula is C13H23NO3. The molecule has 4 nitrogen and oxygen atoms in total. The molecule has 1 aliphatic carbocycles. The number of amides is 1. The van der Waals surface area contributed by atoms with Crippen LogP contribution < -0.4 is 0 Å². The predicted molar refractivity (Wildman–Crippen MR) is 65.8 cm³/mol. The zero-order chi connectivity index (χ0) is 13.1. The molecule has 1 rings (SSSR count). The third-order valence-corrected chi connectivity index (χ3v) is 2.91. The van der Waals surface area contributed by atoms with E-state index < -0.39 is 5.60 Å². The highest BCUT2D eigenvalue weighted by Crippen LogP contribution is 2.23. The molecule has 0 N–H and O–H groups in total. The topological polar surface area (TPSA) is 46.6 Å². The molecule has 4 heteroatoms. The molecule has 0 spiro atoms. The first-order chi connectivity index (χ1) is 7.83. The fourth-order valence-electron chi connectivity index (χ4n) is 2.01. The van der Waals surface area contributed by atoms with Gasteiger partial charge in [-0.3, -0.25) is 4.79 Å². The Balaban J connectivity index is 2.53. The molecule has 1 fully saturated rings. The molecule has 0 bridgehead atoms. The molecule has 1 amide bonds. The molecule has 0 aromatic heterocycles. The zero-order valence-electron chi connectivity index (χ0n) is 11.3. The molecule has 98 valence electrons. The molecule has 0 radical (unpaired) electrons. The van der Waals surface area contributed by atoms with Crippen LogP contribution in [0.25, 0.3) is 0 Å². The van der Waals surface area contributed by atoms with E-state index in [0.29, 0.717) is 19.5 Å². The minimum Gasteiger partial charge on any atom is -0.444 e. The first-order valence-electron chi connectivity index (χ1n) is 6.34. The summed E-state index contributed by atoms with van der Waals surface area (Å²) >= 11 is 0. The van der Waals surface area contributed by atoms with Gasteiger partial charge in [0.15, 0.2) is 0 Å². The maximum atomic E-state index is 11.9. The van der Waals surface area contributed by atoms with Crippen LogP contribution in [0.4, 0.5) is 4.79 Å². The SMILES string of the molecule is CCN(CC1CCCC1=O)C(=O)OC(C)(C)C. The van der Waals surface area contributed by atoms with Crippen LogP contribution in [0.5, 0.6) is 0 Å². The van der Waals surface area contributed by atoms with E-state index in [0.717, 1.165) is 12.8 Å². The van der Waals surface area contributed by atoms with Crippen molar-refractivity contribution in [2.24, 2.45) is 5.92 Å². The van der Waals surface area contributed by atoms with Crippen molar-refractivity contribution in [3.63, 3.8) is 0 Å². The average molecular weight is 241 g/mol. The number of ketones is 1. The van der Waals surface area contributed by atoms with Crippen molar-refractivity contribution < 1.29 is 14.3 Å². The average Bonchev–Trinajstić information content (AvgIpc) is 2.57. The van der Waals surface area contributed by atoms with Gasteiger partial charge in [-0.25, -0.2) is 4.79 Å². The molecule has 1 atom stereocenters. The van der Waals surface area contributed by atoms with Crippen LogP contribution >= 0.6 is 0 Å². The Morgan fingerprint density at radius 1 is 1.47 bits per heavy atom. The quantitative estimate of drug-likeness (QED) is 0.763. The van der Waals surface area contributed by atoms with E-state index in [1.54, 1.807) is 4.90 Å². The number of hydrogen-bond donors (Lipinski definition) is 0. The van der Waals surface area contributed by atoms with Gasteiger partial charge >= 0.3 is 6.09 Å². The van der Waals surface area contributed by atoms with E-state index >= 15 is 0 Å². The van der Waals surface area contributed by atoms with Crippen LogP contribution in [0.3, 0.4) is 0 Å². The monoisotopic (exact) mass is 241 g/mol. The highest BCUT2D eigenvalue weighted by atomic mass is 16.6. The van der Waals surface area contributed by atoms with Crippen molar-refractivity contribution in [2.75, 3.05) is 13.1 Å². The normalized spacial score (nSPS) is 20.5. The summed E-state index contributed by atoms with van der Waals surface area (Å²) < 4.78 is 5.31. The third kappa shape index (κ3) is 4.36. The Hall–Kier alpha value is -1.06. The summed E-state index contributed by atoms with van der Waals surface area (Å²) in [6.07, 6.45) is 2.20. The lowest BCUT2D eigenvalue weighted by Gasteiger charge is -2.27. The van der Waals surface area contributed by atoms with Crippen molar-refractivity contribution in [3.8, 4) is 0 Å². The molecule has 0 heterocycles. The largest absolute Gasteiger partial charge is 0.444 e. The molecule has 0 aromatic rings. The van der Waals surface area contributed by atoms with Crippen molar-refractivity contribution in [2.45, 2.75) is 52.6 Å². The Labute approximate surface area is 103 Å². The molecule has 0 aromatic carbocycles. The Bertz CT molecular complexity index is 294. The van der Waals surface area contributed by atoms with Gasteiger partial charge in [-0.05, 0) is 40.5 Å². The van der Waals surface area contributed by atoms with Crippen LogP contribution in [0.2, 0.25) is 0 Å². The maximum Gasteiger partial charge on any atom is 0.410 e. The number of Topliss-reactive ketones (excluding diaryl/α,β-unsaturated/α-hetero) is 1. The maximum absolute atomic E-state index is 11.9. The lowest BCUT2D eigenvalue weighted by Crippen LogP contribution is -2.40. The van der Waals surface area contributed by atoms with Crippen molar-refractivity contribution in [1.29, 1.82) is 0 Å². The van der Waals surface area contributed by atoms with E-state index in [9.17, 15) is 9.59 Å². The van der Waals surface area contributed by atoms with Crippen LogP contribution in [-0.2, 0) is 9.53 Å². The number of ether oxygens (including phenoxy) is 1. The van der Waals surface area contributed by atoms with E-state index in [4.69, 9.17) is 4.74 Å². The number of nitrogens with zero attached hydrogens (tertiary/aromatic N) is 1. The molecule has 17 heavy (non-hydrogen) atoms. The van der Waals surface area contributed by atoms with E-state index in [1.165, 1.54) is 0 Å². The van der Waals surface area contributed by atoms with Crippen molar-refractivity contribution in [1.82, 2.24) is 4.90 Å². The lowest BCUT2D eigenvalue weighted by atomic mass is 10.1. The van der Waals surface area contributed by atoms with Gasteiger partial charge < -0.3 is 9.64 Å². The number of carbonyl (C=O) groups excluding carboxylic acids is 2. The smallest absolute Gasteiger partial charge is 0.410 e. The third-order valence-electron chi connectivity index (χ3n) is 2.91. The fourth-order valence-corrected chi connectivity index (χ4v) is 2.01. The Kier molecular flexibility index (Phi) is 4.54. The van der Waals surface area contributed by atoms with Crippen LogP contribution in [0.1, 0.15) is 47.0 Å². The Morgan fingerprint density at radius 3 is 2.53 bits per heavy atom. The minimum atomic E-state index is -0.482. The number of carbonyl (C=O) groups is 2. The Morgan fingerprint density at radius 2 is 2.12 bits per heavy atom. The zero-order valence-corrected chi connectivity index (χ0v) is 11.3. The number of hydrogen-bond acceptors (Lipinski definition) is 3. The van der Waals surface area contributed by atoms with E-state index in [1.807, 2.05) is 27.7 Å². The standard InChI is InChI=1S/C13H23NO3/c1-5-14(12(16)17-13(2,3)4)9-10-7-6-8-11(10)15/h10H,5-9H2,1-4H3. The van der Waals surface area contributed by atoms with Crippen LogP contribution in [0, 0.1) is 5.92 Å². The van der Waals surface area contributed by atoms with E-state index in [-0.39, 0.29) is 17.8 Å². The summed E-state index contributed by atoms with van der Waals surface area (Å²) in [7, 11) is 0. The van der Waals surface area contributed by atoms with Crippen molar-refractivity contribution >= 4 is 11.9 Å². The van der Waals surface area contributed by atoms with Crippen molar-refractivity contribution in [3.05, 3.63) is 0 Å². The number of rotatable bonds is 3. The molecule has 1 saturated carbocycles. The highest BCUT2D eigenvalue weighted by Gasteiger charge is 2.29. The summed E-state index contributed by atoms with van der Waals surface area (Å²) in [6, 6.07) is 0. The highest BCUT2D eigenvalue weighted by molar-refractivity contribution is 5.83. The summed E-state index contributed by atoms with van der Waals surface area (Å²) in [5.74, 6) is 0.300. The van der Waals surface area contributed by atoms with Gasteiger partial charge in [-0.1, -0.05) is 0 Å². The van der Waals surface area contributed by atoms with Gasteiger partial charge in [-0.15, -0.1) is 0 Å². The molecule has 0 aliphatic heterocycles. The van der Waals surface area contributed by atoms with Gasteiger partial charge in [0.05, 0.1) is 0 Å². The molecule has 1 aliphatic rings. The second-order valence-corrected chi connectivity index (χ2v) is 5.57. The predicted octanol–water partition coefficient (Wildman–Crippen LogP) is 2.61. The summed E-state index contributed by atoms with van der Waals surface area (Å²) in [5.41, 5.74) is -0.482. The minimum absolute atomic E-state index is 0.0162. The van der Waals surface area contributed by atoms with Gasteiger partial charge in [0.1, 0.15) is 11.4 Å². The van der Waals surface area contributed by atoms with Crippen LogP contribution in [0.15, 0.2) is 0 Å². The summed E-state index contributed by atoms with van der Waals surface area (Å²) in [5, 5.41) is 0. The fraction of sp³-hybridized carbons (Fsp3) is 0.846. The summed E-state index contributed by atoms with van der Waals surface area (Å²) in [4.78, 5) is 25.1.